The van der Waals surface area contributed by atoms with Gasteiger partial charge < -0.3 is 9.47 Å². The van der Waals surface area contributed by atoms with E-state index in [-0.39, 0.29) is 13.2 Å². The molecule has 1 fully saturated rings. The first-order valence-electron chi connectivity index (χ1n) is 18.4. The van der Waals surface area contributed by atoms with Gasteiger partial charge in [-0.05, 0) is 12.8 Å². The Bertz CT molecular complexity index is 832. The van der Waals surface area contributed by atoms with Crippen LogP contribution in [0, 0.1) is 0 Å². The van der Waals surface area contributed by atoms with Crippen molar-refractivity contribution in [3.63, 3.8) is 0 Å². The lowest BCUT2D eigenvalue weighted by atomic mass is 10.0. The van der Waals surface area contributed by atoms with Gasteiger partial charge in [-0.3, -0.25) is 29.0 Å². The minimum absolute atomic E-state index is 0.221. The third kappa shape index (κ3) is 21.1. The summed E-state index contributed by atoms with van der Waals surface area (Å²) in [4.78, 5) is 63.3. The third-order valence-electron chi connectivity index (χ3n) is 8.46. The smallest absolute Gasteiger partial charge is 0.334 e. The highest BCUT2D eigenvalue weighted by molar-refractivity contribution is 6.15. The number of unbranched alkanes of at least 4 members (excludes halogenated alkanes) is 22. The lowest BCUT2D eigenvalue weighted by Gasteiger charge is -2.31. The summed E-state index contributed by atoms with van der Waals surface area (Å²) < 4.78 is 10.4. The highest BCUT2D eigenvalue weighted by atomic mass is 16.5. The number of ether oxygens (including phenoxy) is 2. The number of esters is 2. The van der Waals surface area contributed by atoms with Crippen molar-refractivity contribution in [3.8, 4) is 0 Å². The lowest BCUT2D eigenvalue weighted by molar-refractivity contribution is -0.155. The van der Waals surface area contributed by atoms with Crippen LogP contribution >= 0.6 is 0 Å². The van der Waals surface area contributed by atoms with Gasteiger partial charge in [0.05, 0.1) is 13.2 Å². The van der Waals surface area contributed by atoms with Crippen molar-refractivity contribution in [1.82, 2.24) is 9.80 Å². The van der Waals surface area contributed by atoms with Gasteiger partial charge in [-0.1, -0.05) is 155 Å². The zero-order valence-electron chi connectivity index (χ0n) is 28.8. The van der Waals surface area contributed by atoms with Crippen LogP contribution in [-0.4, -0.2) is 65.9 Å². The number of carbonyl (C=O) groups is 5. The van der Waals surface area contributed by atoms with E-state index < -0.39 is 49.3 Å². The number of imide groups is 2. The normalized spacial score (nSPS) is 13.5. The SMILES string of the molecule is CCCCCCCCCCCCCCCCCCOC(=O)CN1C(=O)CC(=O)N(CC(=O)OCCCCCCCCCC)C1=O. The Morgan fingerprint density at radius 3 is 1.02 bits per heavy atom. The highest BCUT2D eigenvalue weighted by Gasteiger charge is 2.40. The van der Waals surface area contributed by atoms with Gasteiger partial charge >= 0.3 is 18.0 Å². The molecule has 0 aromatic heterocycles. The fourth-order valence-corrected chi connectivity index (χ4v) is 5.60. The average Bonchev–Trinajstić information content (AvgIpc) is 3.02. The maximum absolute atomic E-state index is 12.8. The summed E-state index contributed by atoms with van der Waals surface area (Å²) in [5.74, 6) is -2.95. The first-order valence-corrected chi connectivity index (χ1v) is 18.4. The molecule has 0 aromatic rings. The van der Waals surface area contributed by atoms with E-state index in [2.05, 4.69) is 13.8 Å². The molecule has 9 nitrogen and oxygen atoms in total. The van der Waals surface area contributed by atoms with Crippen LogP contribution in [0.3, 0.4) is 0 Å². The van der Waals surface area contributed by atoms with Gasteiger partial charge in [-0.2, -0.15) is 0 Å². The number of nitrogens with zero attached hydrogens (tertiary/aromatic N) is 2. The van der Waals surface area contributed by atoms with Gasteiger partial charge in [0.1, 0.15) is 19.5 Å². The molecule has 45 heavy (non-hydrogen) atoms. The van der Waals surface area contributed by atoms with Gasteiger partial charge in [-0.15, -0.1) is 0 Å². The van der Waals surface area contributed by atoms with Crippen molar-refractivity contribution in [2.75, 3.05) is 26.3 Å². The first-order chi connectivity index (χ1) is 21.9. The van der Waals surface area contributed by atoms with Crippen LogP contribution in [0.25, 0.3) is 0 Å². The molecule has 260 valence electrons. The first kappa shape index (κ1) is 40.6. The molecule has 0 spiro atoms. The topological polar surface area (TPSA) is 110 Å². The fourth-order valence-electron chi connectivity index (χ4n) is 5.60. The zero-order chi connectivity index (χ0) is 33.0. The lowest BCUT2D eigenvalue weighted by Crippen LogP contribution is -2.57. The molecule has 0 atom stereocenters. The van der Waals surface area contributed by atoms with Crippen molar-refractivity contribution in [3.05, 3.63) is 0 Å². The van der Waals surface area contributed by atoms with E-state index in [4.69, 9.17) is 9.47 Å². The summed E-state index contributed by atoms with van der Waals surface area (Å²) in [6, 6.07) is -0.986. The summed E-state index contributed by atoms with van der Waals surface area (Å²) in [6.45, 7) is 3.73. The largest absolute Gasteiger partial charge is 0.464 e. The summed E-state index contributed by atoms with van der Waals surface area (Å²) in [5.41, 5.74) is 0. The Hall–Kier alpha value is -2.45. The molecule has 4 amide bonds. The quantitative estimate of drug-likeness (QED) is 0.0441. The minimum atomic E-state index is -0.986. The Morgan fingerprint density at radius 2 is 0.733 bits per heavy atom. The van der Waals surface area contributed by atoms with Gasteiger partial charge in [0.2, 0.25) is 11.8 Å². The predicted molar refractivity (Wildman–Crippen MR) is 178 cm³/mol. The summed E-state index contributed by atoms with van der Waals surface area (Å²) in [7, 11) is 0. The van der Waals surface area contributed by atoms with E-state index in [1.54, 1.807) is 0 Å². The standard InChI is InChI=1S/C36H64N2O7/c1-3-5-7-9-11-13-14-15-16-17-18-19-20-22-24-26-28-45-35(42)31-38-33(40)29-32(39)37(36(38)43)30-34(41)44-27-25-23-21-12-10-8-6-4-2/h3-31H2,1-2H3. The van der Waals surface area contributed by atoms with Crippen molar-refractivity contribution in [2.45, 2.75) is 174 Å². The zero-order valence-corrected chi connectivity index (χ0v) is 28.8. The number of rotatable bonds is 30. The molecule has 0 aromatic carbocycles. The van der Waals surface area contributed by atoms with Crippen molar-refractivity contribution in [2.24, 2.45) is 0 Å². The van der Waals surface area contributed by atoms with Crippen LogP contribution in [0.15, 0.2) is 0 Å². The Labute approximate surface area is 273 Å². The molecule has 0 unspecified atom stereocenters. The molecule has 0 bridgehead atoms. The van der Waals surface area contributed by atoms with E-state index in [1.165, 1.54) is 109 Å². The number of amides is 4. The molecule has 9 heteroatoms. The molecule has 0 aliphatic carbocycles. The molecule has 1 saturated heterocycles. The van der Waals surface area contributed by atoms with Gasteiger partial charge in [0.25, 0.3) is 0 Å². The van der Waals surface area contributed by atoms with Crippen molar-refractivity contribution < 1.29 is 33.4 Å². The van der Waals surface area contributed by atoms with Crippen LogP contribution in [0.4, 0.5) is 4.79 Å². The van der Waals surface area contributed by atoms with E-state index in [9.17, 15) is 24.0 Å². The molecule has 0 N–H and O–H groups in total. The van der Waals surface area contributed by atoms with E-state index in [1.807, 2.05) is 0 Å². The third-order valence-corrected chi connectivity index (χ3v) is 8.46. The second-order valence-corrected chi connectivity index (χ2v) is 12.6. The number of urea groups is 1. The summed E-state index contributed by atoms with van der Waals surface area (Å²) >= 11 is 0. The van der Waals surface area contributed by atoms with Gasteiger partial charge in [0, 0.05) is 0 Å². The number of hydrogen-bond acceptors (Lipinski definition) is 7. The number of hydrogen-bond donors (Lipinski definition) is 0. The Morgan fingerprint density at radius 1 is 0.467 bits per heavy atom. The van der Waals surface area contributed by atoms with Crippen LogP contribution in [-0.2, 0) is 28.7 Å². The van der Waals surface area contributed by atoms with E-state index in [0.29, 0.717) is 9.80 Å². The molecular formula is C36H64N2O7. The maximum Gasteiger partial charge on any atom is 0.334 e. The van der Waals surface area contributed by atoms with Crippen molar-refractivity contribution in [1.29, 1.82) is 0 Å². The fraction of sp³-hybridized carbons (Fsp3) is 0.861. The van der Waals surface area contributed by atoms with E-state index >= 15 is 0 Å². The van der Waals surface area contributed by atoms with Gasteiger partial charge in [-0.25, -0.2) is 4.79 Å². The monoisotopic (exact) mass is 636 g/mol. The predicted octanol–water partition coefficient (Wildman–Crippen LogP) is 8.66. The summed E-state index contributed by atoms with van der Waals surface area (Å²) in [5, 5.41) is 0. The highest BCUT2D eigenvalue weighted by Crippen LogP contribution is 2.15. The molecule has 1 aliphatic rings. The second kappa shape index (κ2) is 27.8. The molecule has 1 aliphatic heterocycles. The Kier molecular flexibility index (Phi) is 25.1. The average molecular weight is 637 g/mol. The van der Waals surface area contributed by atoms with Crippen LogP contribution in [0.2, 0.25) is 0 Å². The van der Waals surface area contributed by atoms with Crippen LogP contribution in [0.5, 0.6) is 0 Å². The molecule has 1 heterocycles. The molecule has 0 saturated carbocycles. The van der Waals surface area contributed by atoms with E-state index in [0.717, 1.165) is 44.9 Å². The number of carbonyl (C=O) groups excluding carboxylic acids is 5. The van der Waals surface area contributed by atoms with Crippen LogP contribution < -0.4 is 0 Å². The second-order valence-electron chi connectivity index (χ2n) is 12.6. The molecule has 1 rings (SSSR count). The molecule has 0 radical (unpaired) electrons. The number of barbiturate groups is 1. The molecular weight excluding hydrogens is 572 g/mol. The van der Waals surface area contributed by atoms with Gasteiger partial charge in [0.15, 0.2) is 0 Å². The van der Waals surface area contributed by atoms with Crippen LogP contribution in [0.1, 0.15) is 174 Å². The minimum Gasteiger partial charge on any atom is -0.464 e. The summed E-state index contributed by atoms with van der Waals surface area (Å²) in [6.07, 6.45) is 28.3. The maximum atomic E-state index is 12.8. The van der Waals surface area contributed by atoms with Crippen molar-refractivity contribution >= 4 is 29.8 Å². The Balaban J connectivity index is 2.11.